The molecule has 0 saturated heterocycles. The zero-order valence-corrected chi connectivity index (χ0v) is 10.8. The molecule has 2 unspecified atom stereocenters. The van der Waals surface area contributed by atoms with Crippen molar-refractivity contribution < 1.29 is 9.13 Å². The summed E-state index contributed by atoms with van der Waals surface area (Å²) in [6.45, 7) is 1.97. The molecule has 3 N–H and O–H groups in total. The van der Waals surface area contributed by atoms with Crippen molar-refractivity contribution in [1.82, 2.24) is 5.43 Å². The summed E-state index contributed by atoms with van der Waals surface area (Å²) in [6.07, 6.45) is 1.69. The standard InChI is InChI=1S/C12H18ClFN2O/c1-8(17-2)3-6-12(16-15)10-7-9(14)4-5-11(10)13/h4-5,7-8,12,16H,3,6,15H2,1-2H3. The van der Waals surface area contributed by atoms with Crippen LogP contribution in [-0.4, -0.2) is 13.2 Å². The Morgan fingerprint density at radius 3 is 2.76 bits per heavy atom. The predicted octanol–water partition coefficient (Wildman–Crippen LogP) is 2.80. The van der Waals surface area contributed by atoms with Crippen molar-refractivity contribution in [1.29, 1.82) is 0 Å². The van der Waals surface area contributed by atoms with Crippen LogP contribution in [0.4, 0.5) is 4.39 Å². The molecule has 1 aromatic carbocycles. The molecule has 96 valence electrons. The highest BCUT2D eigenvalue weighted by atomic mass is 35.5. The van der Waals surface area contributed by atoms with Crippen molar-refractivity contribution in [3.05, 3.63) is 34.6 Å². The third kappa shape index (κ3) is 4.24. The topological polar surface area (TPSA) is 47.3 Å². The summed E-state index contributed by atoms with van der Waals surface area (Å²) in [6, 6.07) is 4.11. The van der Waals surface area contributed by atoms with Crippen molar-refractivity contribution in [3.8, 4) is 0 Å². The number of hydrogen-bond acceptors (Lipinski definition) is 3. The summed E-state index contributed by atoms with van der Waals surface area (Å²) >= 11 is 6.03. The van der Waals surface area contributed by atoms with Crippen LogP contribution in [0.3, 0.4) is 0 Å². The fourth-order valence-corrected chi connectivity index (χ4v) is 1.88. The first-order valence-electron chi connectivity index (χ1n) is 5.52. The van der Waals surface area contributed by atoms with Gasteiger partial charge in [0.2, 0.25) is 0 Å². The lowest BCUT2D eigenvalue weighted by Gasteiger charge is -2.19. The van der Waals surface area contributed by atoms with E-state index in [1.807, 2.05) is 6.92 Å². The number of hydrogen-bond donors (Lipinski definition) is 2. The molecule has 0 aromatic heterocycles. The van der Waals surface area contributed by atoms with Gasteiger partial charge in [-0.3, -0.25) is 11.3 Å². The highest BCUT2D eigenvalue weighted by molar-refractivity contribution is 6.31. The fourth-order valence-electron chi connectivity index (χ4n) is 1.63. The molecule has 17 heavy (non-hydrogen) atoms. The maximum Gasteiger partial charge on any atom is 0.123 e. The fraction of sp³-hybridized carbons (Fsp3) is 0.500. The quantitative estimate of drug-likeness (QED) is 0.611. The van der Waals surface area contributed by atoms with Gasteiger partial charge in [-0.25, -0.2) is 4.39 Å². The number of nitrogens with two attached hydrogens (primary N) is 1. The molecule has 0 fully saturated rings. The van der Waals surface area contributed by atoms with Crippen LogP contribution in [0, 0.1) is 5.82 Å². The van der Waals surface area contributed by atoms with Crippen molar-refractivity contribution in [2.24, 2.45) is 5.84 Å². The van der Waals surface area contributed by atoms with Crippen LogP contribution in [0.1, 0.15) is 31.4 Å². The summed E-state index contributed by atoms with van der Waals surface area (Å²) in [4.78, 5) is 0. The largest absolute Gasteiger partial charge is 0.382 e. The summed E-state index contributed by atoms with van der Waals surface area (Å²) < 4.78 is 18.3. The first-order valence-corrected chi connectivity index (χ1v) is 5.90. The second kappa shape index (κ2) is 6.91. The van der Waals surface area contributed by atoms with Crippen molar-refractivity contribution in [3.63, 3.8) is 0 Å². The molecule has 0 amide bonds. The van der Waals surface area contributed by atoms with Gasteiger partial charge >= 0.3 is 0 Å². The van der Waals surface area contributed by atoms with Gasteiger partial charge in [0.15, 0.2) is 0 Å². The Morgan fingerprint density at radius 1 is 1.47 bits per heavy atom. The third-order valence-electron chi connectivity index (χ3n) is 2.80. The minimum Gasteiger partial charge on any atom is -0.382 e. The Morgan fingerprint density at radius 2 is 2.18 bits per heavy atom. The number of benzene rings is 1. The molecule has 0 spiro atoms. The molecular weight excluding hydrogens is 243 g/mol. The number of rotatable bonds is 6. The second-order valence-electron chi connectivity index (χ2n) is 4.01. The Labute approximate surface area is 106 Å². The molecule has 0 aliphatic heterocycles. The van der Waals surface area contributed by atoms with E-state index in [0.29, 0.717) is 10.6 Å². The molecule has 1 rings (SSSR count). The minimum absolute atomic E-state index is 0.137. The number of hydrazine groups is 1. The molecule has 0 heterocycles. The maximum absolute atomic E-state index is 13.2. The Kier molecular flexibility index (Phi) is 5.85. The zero-order valence-electron chi connectivity index (χ0n) is 10.0. The van der Waals surface area contributed by atoms with E-state index in [1.165, 1.54) is 18.2 Å². The van der Waals surface area contributed by atoms with Crippen molar-refractivity contribution in [2.75, 3.05) is 7.11 Å². The van der Waals surface area contributed by atoms with E-state index in [-0.39, 0.29) is 18.0 Å². The molecule has 0 bridgehead atoms. The molecule has 0 aliphatic carbocycles. The Hall–Kier alpha value is -0.680. The van der Waals surface area contributed by atoms with Gasteiger partial charge in [-0.15, -0.1) is 0 Å². The van der Waals surface area contributed by atoms with E-state index in [0.717, 1.165) is 12.8 Å². The normalized spacial score (nSPS) is 14.6. The highest BCUT2D eigenvalue weighted by Gasteiger charge is 2.15. The lowest BCUT2D eigenvalue weighted by atomic mass is 10.0. The smallest absolute Gasteiger partial charge is 0.123 e. The third-order valence-corrected chi connectivity index (χ3v) is 3.14. The van der Waals surface area contributed by atoms with Crippen LogP contribution >= 0.6 is 11.6 Å². The van der Waals surface area contributed by atoms with E-state index in [4.69, 9.17) is 22.2 Å². The SMILES string of the molecule is COC(C)CCC(NN)c1cc(F)ccc1Cl. The lowest BCUT2D eigenvalue weighted by molar-refractivity contribution is 0.106. The minimum atomic E-state index is -0.315. The first-order chi connectivity index (χ1) is 8.08. The van der Waals surface area contributed by atoms with Gasteiger partial charge < -0.3 is 4.74 Å². The van der Waals surface area contributed by atoms with Gasteiger partial charge in [0.1, 0.15) is 5.82 Å². The van der Waals surface area contributed by atoms with E-state index in [2.05, 4.69) is 5.43 Å². The molecular formula is C12H18ClFN2O. The highest BCUT2D eigenvalue weighted by Crippen LogP contribution is 2.27. The Bertz CT molecular complexity index is 362. The monoisotopic (exact) mass is 260 g/mol. The van der Waals surface area contributed by atoms with Gasteiger partial charge in [-0.2, -0.15) is 0 Å². The lowest BCUT2D eigenvalue weighted by Crippen LogP contribution is -2.29. The van der Waals surface area contributed by atoms with Gasteiger partial charge in [0.25, 0.3) is 0 Å². The van der Waals surface area contributed by atoms with Gasteiger partial charge in [-0.1, -0.05) is 11.6 Å². The van der Waals surface area contributed by atoms with E-state index in [1.54, 1.807) is 7.11 Å². The molecule has 5 heteroatoms. The molecule has 0 saturated carbocycles. The molecule has 1 aromatic rings. The number of ether oxygens (including phenoxy) is 1. The number of halogens is 2. The predicted molar refractivity (Wildman–Crippen MR) is 67.2 cm³/mol. The zero-order chi connectivity index (χ0) is 12.8. The average molecular weight is 261 g/mol. The van der Waals surface area contributed by atoms with Crippen molar-refractivity contribution in [2.45, 2.75) is 31.9 Å². The number of nitrogens with one attached hydrogen (secondary N) is 1. The number of methoxy groups -OCH3 is 1. The van der Waals surface area contributed by atoms with Crippen LogP contribution in [-0.2, 0) is 4.74 Å². The van der Waals surface area contributed by atoms with Gasteiger partial charge in [0, 0.05) is 18.2 Å². The summed E-state index contributed by atoms with van der Waals surface area (Å²) in [5, 5.41) is 0.513. The molecule has 0 radical (unpaired) electrons. The first kappa shape index (κ1) is 14.4. The summed E-state index contributed by atoms with van der Waals surface area (Å²) in [5.74, 6) is 5.16. The van der Waals surface area contributed by atoms with Crippen LogP contribution in [0.25, 0.3) is 0 Å². The average Bonchev–Trinajstić information content (AvgIpc) is 2.33. The van der Waals surface area contributed by atoms with Crippen molar-refractivity contribution >= 4 is 11.6 Å². The van der Waals surface area contributed by atoms with E-state index < -0.39 is 0 Å². The molecule has 2 atom stereocenters. The van der Waals surface area contributed by atoms with Gasteiger partial charge in [-0.05, 0) is 43.5 Å². The maximum atomic E-state index is 13.2. The van der Waals surface area contributed by atoms with E-state index in [9.17, 15) is 4.39 Å². The van der Waals surface area contributed by atoms with Crippen LogP contribution < -0.4 is 11.3 Å². The molecule has 0 aliphatic rings. The summed E-state index contributed by atoms with van der Waals surface area (Å²) in [7, 11) is 1.66. The van der Waals surface area contributed by atoms with Crippen LogP contribution in [0.2, 0.25) is 5.02 Å². The van der Waals surface area contributed by atoms with Gasteiger partial charge in [0.05, 0.1) is 6.10 Å². The van der Waals surface area contributed by atoms with E-state index >= 15 is 0 Å². The molecule has 3 nitrogen and oxygen atoms in total. The summed E-state index contributed by atoms with van der Waals surface area (Å²) in [5.41, 5.74) is 3.34. The van der Waals surface area contributed by atoms with Crippen LogP contribution in [0.5, 0.6) is 0 Å². The Balaban J connectivity index is 2.75. The second-order valence-corrected chi connectivity index (χ2v) is 4.42. The van der Waals surface area contributed by atoms with Crippen LogP contribution in [0.15, 0.2) is 18.2 Å².